The Morgan fingerprint density at radius 1 is 0.909 bits per heavy atom. The standard InChI is InChI=1S/C11H8N2O7S2/c14-11(19-5-7-1-3-9(21-7)12(15)16)20-6-8-2-4-10(22-8)13(17)18/h1-4H,5-6H2. The molecule has 0 aliphatic carbocycles. The predicted octanol–water partition coefficient (Wildman–Crippen LogP) is 3.48. The molecular formula is C11H8N2O7S2. The van der Waals surface area contributed by atoms with E-state index in [0.717, 1.165) is 22.7 Å². The number of hydrogen-bond donors (Lipinski definition) is 0. The number of carbonyl (C=O) groups is 1. The summed E-state index contributed by atoms with van der Waals surface area (Å²) in [6.07, 6.45) is -0.952. The molecule has 0 aliphatic rings. The third-order valence-corrected chi connectivity index (χ3v) is 4.34. The Balaban J connectivity index is 1.77. The summed E-state index contributed by atoms with van der Waals surface area (Å²) in [5, 5.41) is 20.9. The lowest BCUT2D eigenvalue weighted by Crippen LogP contribution is -2.06. The quantitative estimate of drug-likeness (QED) is 0.446. The highest BCUT2D eigenvalue weighted by Gasteiger charge is 2.14. The maximum Gasteiger partial charge on any atom is 0.508 e. The third kappa shape index (κ3) is 4.23. The minimum absolute atomic E-state index is 0.0436. The van der Waals surface area contributed by atoms with Gasteiger partial charge in [-0.1, -0.05) is 22.7 Å². The summed E-state index contributed by atoms with van der Waals surface area (Å²) in [6.45, 7) is -0.274. The van der Waals surface area contributed by atoms with E-state index in [1.807, 2.05) is 0 Å². The highest BCUT2D eigenvalue weighted by atomic mass is 32.1. The van der Waals surface area contributed by atoms with Gasteiger partial charge in [0.2, 0.25) is 0 Å². The highest BCUT2D eigenvalue weighted by Crippen LogP contribution is 2.25. The van der Waals surface area contributed by atoms with Crippen LogP contribution in [0.5, 0.6) is 0 Å². The number of hydrogen-bond acceptors (Lipinski definition) is 9. The molecular weight excluding hydrogens is 336 g/mol. The molecule has 116 valence electrons. The average Bonchev–Trinajstić information content (AvgIpc) is 3.12. The molecule has 0 atom stereocenters. The van der Waals surface area contributed by atoms with Crippen LogP contribution in [-0.2, 0) is 22.7 Å². The van der Waals surface area contributed by atoms with E-state index < -0.39 is 16.0 Å². The number of ether oxygens (including phenoxy) is 2. The van der Waals surface area contributed by atoms with E-state index in [2.05, 4.69) is 0 Å². The van der Waals surface area contributed by atoms with Crippen LogP contribution in [0.2, 0.25) is 0 Å². The molecule has 0 unspecified atom stereocenters. The molecule has 0 N–H and O–H groups in total. The van der Waals surface area contributed by atoms with Crippen molar-refractivity contribution in [3.05, 3.63) is 54.2 Å². The van der Waals surface area contributed by atoms with Crippen LogP contribution in [0.15, 0.2) is 24.3 Å². The van der Waals surface area contributed by atoms with Crippen LogP contribution >= 0.6 is 22.7 Å². The predicted molar refractivity (Wildman–Crippen MR) is 76.9 cm³/mol. The summed E-state index contributed by atoms with van der Waals surface area (Å²) < 4.78 is 9.59. The maximum atomic E-state index is 11.4. The van der Waals surface area contributed by atoms with Crippen molar-refractivity contribution in [2.75, 3.05) is 0 Å². The fourth-order valence-corrected chi connectivity index (χ4v) is 2.85. The van der Waals surface area contributed by atoms with Crippen molar-refractivity contribution in [3.8, 4) is 0 Å². The molecule has 2 aromatic rings. The van der Waals surface area contributed by atoms with Gasteiger partial charge in [-0.05, 0) is 12.1 Å². The summed E-state index contributed by atoms with van der Waals surface area (Å²) in [4.78, 5) is 32.3. The number of carbonyl (C=O) groups excluding carboxylic acids is 1. The van der Waals surface area contributed by atoms with Gasteiger partial charge in [-0.15, -0.1) is 0 Å². The molecule has 0 spiro atoms. The normalized spacial score (nSPS) is 10.2. The molecule has 0 saturated heterocycles. The SMILES string of the molecule is O=C(OCc1ccc([N+](=O)[O-])s1)OCc1ccc([N+](=O)[O-])s1. The highest BCUT2D eigenvalue weighted by molar-refractivity contribution is 7.15. The summed E-state index contributed by atoms with van der Waals surface area (Å²) in [5.74, 6) is 0. The molecule has 0 aromatic carbocycles. The lowest BCUT2D eigenvalue weighted by Gasteiger charge is -2.03. The van der Waals surface area contributed by atoms with Crippen LogP contribution < -0.4 is 0 Å². The fourth-order valence-electron chi connectivity index (χ4n) is 1.39. The monoisotopic (exact) mass is 344 g/mol. The lowest BCUT2D eigenvalue weighted by atomic mass is 10.5. The van der Waals surface area contributed by atoms with Gasteiger partial charge < -0.3 is 9.47 Å². The molecule has 0 saturated carbocycles. The second-order valence-corrected chi connectivity index (χ2v) is 6.12. The summed E-state index contributed by atoms with van der Waals surface area (Å²) in [7, 11) is 0. The molecule has 2 aromatic heterocycles. The number of nitrogens with zero attached hydrogens (tertiary/aromatic N) is 2. The Bertz CT molecular complexity index is 651. The second kappa shape index (κ2) is 6.95. The number of rotatable bonds is 6. The van der Waals surface area contributed by atoms with Crippen LogP contribution in [0, 0.1) is 20.2 Å². The molecule has 2 heterocycles. The van der Waals surface area contributed by atoms with Crippen molar-refractivity contribution in [1.82, 2.24) is 0 Å². The fraction of sp³-hybridized carbons (Fsp3) is 0.182. The van der Waals surface area contributed by atoms with Crippen LogP contribution in [0.4, 0.5) is 14.8 Å². The van der Waals surface area contributed by atoms with Gasteiger partial charge in [-0.25, -0.2) is 4.79 Å². The van der Waals surface area contributed by atoms with Crippen molar-refractivity contribution in [2.45, 2.75) is 13.2 Å². The van der Waals surface area contributed by atoms with Crippen molar-refractivity contribution in [3.63, 3.8) is 0 Å². The Hall–Kier alpha value is -2.53. The first-order valence-electron chi connectivity index (χ1n) is 5.71. The number of thiophene rings is 2. The van der Waals surface area contributed by atoms with Crippen LogP contribution in [0.25, 0.3) is 0 Å². The van der Waals surface area contributed by atoms with Gasteiger partial charge >= 0.3 is 16.2 Å². The Kier molecular flexibility index (Phi) is 5.01. The molecule has 2 rings (SSSR count). The van der Waals surface area contributed by atoms with E-state index in [9.17, 15) is 25.0 Å². The van der Waals surface area contributed by atoms with Gasteiger partial charge in [0.1, 0.15) is 13.2 Å². The Morgan fingerprint density at radius 2 is 1.32 bits per heavy atom. The van der Waals surface area contributed by atoms with E-state index in [-0.39, 0.29) is 23.2 Å². The summed E-state index contributed by atoms with van der Waals surface area (Å²) >= 11 is 1.80. The number of nitro groups is 2. The largest absolute Gasteiger partial charge is 0.508 e. The first-order valence-corrected chi connectivity index (χ1v) is 7.35. The van der Waals surface area contributed by atoms with E-state index in [4.69, 9.17) is 9.47 Å². The van der Waals surface area contributed by atoms with Crippen molar-refractivity contribution >= 4 is 38.8 Å². The molecule has 0 amide bonds. The van der Waals surface area contributed by atoms with Crippen molar-refractivity contribution in [2.24, 2.45) is 0 Å². The first-order chi connectivity index (χ1) is 10.5. The van der Waals surface area contributed by atoms with Crippen molar-refractivity contribution < 1.29 is 24.1 Å². The molecule has 11 heteroatoms. The smallest absolute Gasteiger partial charge is 0.429 e. The van der Waals surface area contributed by atoms with Crippen molar-refractivity contribution in [1.29, 1.82) is 0 Å². The first kappa shape index (κ1) is 15.9. The van der Waals surface area contributed by atoms with E-state index in [1.165, 1.54) is 24.3 Å². The molecule has 0 radical (unpaired) electrons. The van der Waals surface area contributed by atoms with Gasteiger partial charge in [0.15, 0.2) is 0 Å². The third-order valence-electron chi connectivity index (χ3n) is 2.32. The minimum Gasteiger partial charge on any atom is -0.429 e. The van der Waals surface area contributed by atoms with Crippen LogP contribution in [-0.4, -0.2) is 16.0 Å². The molecule has 22 heavy (non-hydrogen) atoms. The van der Waals surface area contributed by atoms with Gasteiger partial charge in [0.05, 0.1) is 9.85 Å². The van der Waals surface area contributed by atoms with Gasteiger partial charge in [0.25, 0.3) is 0 Å². The summed E-state index contributed by atoms with van der Waals surface area (Å²) in [6, 6.07) is 5.61. The molecule has 0 bridgehead atoms. The molecule has 0 fully saturated rings. The maximum absolute atomic E-state index is 11.4. The van der Waals surface area contributed by atoms with Crippen LogP contribution in [0.3, 0.4) is 0 Å². The molecule has 0 aliphatic heterocycles. The topological polar surface area (TPSA) is 122 Å². The minimum atomic E-state index is -0.952. The van der Waals surface area contributed by atoms with Gasteiger partial charge in [0, 0.05) is 21.9 Å². The van der Waals surface area contributed by atoms with E-state index >= 15 is 0 Å². The zero-order valence-electron chi connectivity index (χ0n) is 10.8. The Morgan fingerprint density at radius 3 is 1.64 bits per heavy atom. The summed E-state index contributed by atoms with van der Waals surface area (Å²) in [5.41, 5.74) is 0. The van der Waals surface area contributed by atoms with Gasteiger partial charge in [-0.2, -0.15) is 0 Å². The van der Waals surface area contributed by atoms with Gasteiger partial charge in [-0.3, -0.25) is 20.2 Å². The van der Waals surface area contributed by atoms with E-state index in [1.54, 1.807) is 0 Å². The second-order valence-electron chi connectivity index (χ2n) is 3.82. The Labute approximate surface area is 131 Å². The van der Waals surface area contributed by atoms with E-state index in [0.29, 0.717) is 9.75 Å². The zero-order chi connectivity index (χ0) is 16.1. The zero-order valence-corrected chi connectivity index (χ0v) is 12.4. The van der Waals surface area contributed by atoms with Crippen LogP contribution in [0.1, 0.15) is 9.75 Å². The average molecular weight is 344 g/mol. The lowest BCUT2D eigenvalue weighted by molar-refractivity contribution is -0.380. The molecule has 9 nitrogen and oxygen atoms in total.